The van der Waals surface area contributed by atoms with Crippen molar-refractivity contribution >= 4 is 5.69 Å². The standard InChI is InChI=1S/C11H11N/c1-8-6-7-10-9(8)4-3-5-11(10)12-2/h3-5,8H,6-7H2,1H3/t8-/m1/s1. The van der Waals surface area contributed by atoms with E-state index in [1.807, 2.05) is 12.1 Å². The summed E-state index contributed by atoms with van der Waals surface area (Å²) < 4.78 is 0. The third kappa shape index (κ3) is 0.921. The largest absolute Gasteiger partial charge is 0.238 e. The van der Waals surface area contributed by atoms with E-state index in [-0.39, 0.29) is 0 Å². The molecule has 0 N–H and O–H groups in total. The van der Waals surface area contributed by atoms with Gasteiger partial charge >= 0.3 is 0 Å². The second-order valence-electron chi connectivity index (χ2n) is 3.40. The minimum Gasteiger partial charge on any atom is -0.238 e. The third-order valence-electron chi connectivity index (χ3n) is 2.67. The molecule has 1 heteroatoms. The Bertz CT molecular complexity index is 347. The van der Waals surface area contributed by atoms with Crippen LogP contribution in [0.4, 0.5) is 5.69 Å². The molecule has 1 aliphatic rings. The van der Waals surface area contributed by atoms with Gasteiger partial charge in [-0.25, -0.2) is 4.85 Å². The summed E-state index contributed by atoms with van der Waals surface area (Å²) in [7, 11) is 0. The van der Waals surface area contributed by atoms with Crippen LogP contribution >= 0.6 is 0 Å². The first-order chi connectivity index (χ1) is 5.83. The van der Waals surface area contributed by atoms with Crippen molar-refractivity contribution in [2.45, 2.75) is 25.7 Å². The van der Waals surface area contributed by atoms with E-state index in [0.717, 1.165) is 12.1 Å². The zero-order chi connectivity index (χ0) is 8.55. The summed E-state index contributed by atoms with van der Waals surface area (Å²) in [5.41, 5.74) is 3.54. The number of hydrogen-bond donors (Lipinski definition) is 0. The molecule has 0 heterocycles. The van der Waals surface area contributed by atoms with E-state index in [2.05, 4.69) is 17.8 Å². The molecule has 1 nitrogen and oxygen atoms in total. The van der Waals surface area contributed by atoms with Gasteiger partial charge in [-0.15, -0.1) is 0 Å². The molecule has 0 bridgehead atoms. The van der Waals surface area contributed by atoms with Crippen LogP contribution < -0.4 is 0 Å². The maximum Gasteiger partial charge on any atom is 0.190 e. The van der Waals surface area contributed by atoms with E-state index >= 15 is 0 Å². The maximum atomic E-state index is 7.00. The lowest BCUT2D eigenvalue weighted by Gasteiger charge is -2.03. The van der Waals surface area contributed by atoms with Gasteiger partial charge in [-0.3, -0.25) is 0 Å². The average Bonchev–Trinajstić information content (AvgIpc) is 2.48. The highest BCUT2D eigenvalue weighted by Gasteiger charge is 2.20. The molecule has 0 aromatic heterocycles. The number of benzene rings is 1. The molecule has 1 aromatic rings. The van der Waals surface area contributed by atoms with E-state index in [9.17, 15) is 0 Å². The van der Waals surface area contributed by atoms with Gasteiger partial charge in [-0.2, -0.15) is 0 Å². The SMILES string of the molecule is [C-]#[N+]c1cccc2c1CC[C@H]2C. The van der Waals surface area contributed by atoms with Crippen LogP contribution in [-0.2, 0) is 6.42 Å². The summed E-state index contributed by atoms with van der Waals surface area (Å²) in [6.45, 7) is 9.24. The second kappa shape index (κ2) is 2.64. The second-order valence-corrected chi connectivity index (χ2v) is 3.40. The summed E-state index contributed by atoms with van der Waals surface area (Å²) in [6, 6.07) is 6.07. The molecule has 0 spiro atoms. The Kier molecular flexibility index (Phi) is 1.62. The molecule has 60 valence electrons. The monoisotopic (exact) mass is 157 g/mol. The highest BCUT2D eigenvalue weighted by atomic mass is 14.6. The van der Waals surface area contributed by atoms with Crippen molar-refractivity contribution in [2.75, 3.05) is 0 Å². The highest BCUT2D eigenvalue weighted by molar-refractivity contribution is 5.58. The van der Waals surface area contributed by atoms with Gasteiger partial charge in [0.05, 0.1) is 6.57 Å². The molecule has 1 atom stereocenters. The van der Waals surface area contributed by atoms with Crippen molar-refractivity contribution in [1.82, 2.24) is 0 Å². The molecule has 0 fully saturated rings. The summed E-state index contributed by atoms with van der Waals surface area (Å²) in [4.78, 5) is 3.53. The van der Waals surface area contributed by atoms with Crippen LogP contribution in [-0.4, -0.2) is 0 Å². The minimum atomic E-state index is 0.654. The first kappa shape index (κ1) is 7.36. The summed E-state index contributed by atoms with van der Waals surface area (Å²) in [5, 5.41) is 0. The molecule has 1 aromatic carbocycles. The fourth-order valence-electron chi connectivity index (χ4n) is 1.95. The van der Waals surface area contributed by atoms with Gasteiger partial charge < -0.3 is 0 Å². The fraction of sp³-hybridized carbons (Fsp3) is 0.364. The Hall–Kier alpha value is -1.29. The molecular formula is C11H11N. The first-order valence-corrected chi connectivity index (χ1v) is 4.32. The Balaban J connectivity index is 2.60. The number of nitrogens with zero attached hydrogens (tertiary/aromatic N) is 1. The molecule has 0 unspecified atom stereocenters. The number of rotatable bonds is 0. The van der Waals surface area contributed by atoms with Crippen LogP contribution in [0, 0.1) is 6.57 Å². The van der Waals surface area contributed by atoms with Gasteiger partial charge in [0.2, 0.25) is 0 Å². The summed E-state index contributed by atoms with van der Waals surface area (Å²) in [6.07, 6.45) is 2.30. The Labute approximate surface area is 72.9 Å². The smallest absolute Gasteiger partial charge is 0.190 e. The quantitative estimate of drug-likeness (QED) is 0.509. The summed E-state index contributed by atoms with van der Waals surface area (Å²) in [5.74, 6) is 0.654. The molecular weight excluding hydrogens is 146 g/mol. The molecule has 0 radical (unpaired) electrons. The van der Waals surface area contributed by atoms with E-state index in [4.69, 9.17) is 6.57 Å². The van der Waals surface area contributed by atoms with E-state index in [1.54, 1.807) is 0 Å². The molecule has 12 heavy (non-hydrogen) atoms. The summed E-state index contributed by atoms with van der Waals surface area (Å²) >= 11 is 0. The van der Waals surface area contributed by atoms with Crippen molar-refractivity contribution in [3.8, 4) is 0 Å². The van der Waals surface area contributed by atoms with Crippen molar-refractivity contribution in [3.05, 3.63) is 40.7 Å². The van der Waals surface area contributed by atoms with Gasteiger partial charge in [0.25, 0.3) is 0 Å². The van der Waals surface area contributed by atoms with Gasteiger partial charge in [0.15, 0.2) is 5.69 Å². The van der Waals surface area contributed by atoms with Crippen molar-refractivity contribution in [1.29, 1.82) is 0 Å². The molecule has 0 aliphatic heterocycles. The molecule has 2 rings (SSSR count). The third-order valence-corrected chi connectivity index (χ3v) is 2.67. The van der Waals surface area contributed by atoms with E-state index < -0.39 is 0 Å². The molecule has 1 aliphatic carbocycles. The van der Waals surface area contributed by atoms with E-state index in [0.29, 0.717) is 5.92 Å². The predicted octanol–water partition coefficient (Wildman–Crippen LogP) is 3.29. The molecule has 0 amide bonds. The number of fused-ring (bicyclic) bond motifs is 1. The highest BCUT2D eigenvalue weighted by Crippen LogP contribution is 2.37. The van der Waals surface area contributed by atoms with E-state index in [1.165, 1.54) is 17.5 Å². The van der Waals surface area contributed by atoms with Crippen LogP contribution in [0.2, 0.25) is 0 Å². The predicted molar refractivity (Wildman–Crippen MR) is 49.4 cm³/mol. The van der Waals surface area contributed by atoms with Crippen molar-refractivity contribution in [3.63, 3.8) is 0 Å². The van der Waals surface area contributed by atoms with Crippen molar-refractivity contribution in [2.24, 2.45) is 0 Å². The van der Waals surface area contributed by atoms with Crippen LogP contribution in [0.3, 0.4) is 0 Å². The Morgan fingerprint density at radius 3 is 3.08 bits per heavy atom. The molecule has 0 saturated carbocycles. The lowest BCUT2D eigenvalue weighted by molar-refractivity contribution is 0.747. The maximum absolute atomic E-state index is 7.00. The van der Waals surface area contributed by atoms with Gasteiger partial charge in [-0.1, -0.05) is 30.7 Å². The van der Waals surface area contributed by atoms with Crippen LogP contribution in [0.25, 0.3) is 4.85 Å². The zero-order valence-electron chi connectivity index (χ0n) is 7.17. The van der Waals surface area contributed by atoms with Crippen LogP contribution in [0.1, 0.15) is 30.4 Å². The average molecular weight is 157 g/mol. The van der Waals surface area contributed by atoms with Crippen molar-refractivity contribution < 1.29 is 0 Å². The van der Waals surface area contributed by atoms with Gasteiger partial charge in [0.1, 0.15) is 0 Å². The normalized spacial score (nSPS) is 20.2. The van der Waals surface area contributed by atoms with Gasteiger partial charge in [0, 0.05) is 0 Å². The number of hydrogen-bond acceptors (Lipinski definition) is 0. The minimum absolute atomic E-state index is 0.654. The topological polar surface area (TPSA) is 4.36 Å². The zero-order valence-corrected chi connectivity index (χ0v) is 7.17. The molecule has 0 saturated heterocycles. The Morgan fingerprint density at radius 1 is 1.50 bits per heavy atom. The van der Waals surface area contributed by atoms with Crippen LogP contribution in [0.15, 0.2) is 18.2 Å². The Morgan fingerprint density at radius 2 is 2.33 bits per heavy atom. The fourth-order valence-corrected chi connectivity index (χ4v) is 1.95. The first-order valence-electron chi connectivity index (χ1n) is 4.32. The van der Waals surface area contributed by atoms with Crippen LogP contribution in [0.5, 0.6) is 0 Å². The lowest BCUT2D eigenvalue weighted by atomic mass is 10.0. The lowest BCUT2D eigenvalue weighted by Crippen LogP contribution is -1.84. The van der Waals surface area contributed by atoms with Gasteiger partial charge in [-0.05, 0) is 24.3 Å².